The summed E-state index contributed by atoms with van der Waals surface area (Å²) in [5.41, 5.74) is -4.76. The normalized spacial score (nSPS) is 44.1. The molecule has 12 heteroatoms. The van der Waals surface area contributed by atoms with E-state index in [0.717, 1.165) is 0 Å². The van der Waals surface area contributed by atoms with Crippen molar-refractivity contribution in [3.8, 4) is 0 Å². The van der Waals surface area contributed by atoms with Crippen LogP contribution in [0, 0.1) is 45.3 Å². The summed E-state index contributed by atoms with van der Waals surface area (Å²) in [6.45, 7) is 12.8. The van der Waals surface area contributed by atoms with E-state index in [2.05, 4.69) is 0 Å². The Morgan fingerprint density at radius 2 is 1.55 bits per heavy atom. The second kappa shape index (κ2) is 11.7. The van der Waals surface area contributed by atoms with Gasteiger partial charge in [0.1, 0.15) is 24.1 Å². The van der Waals surface area contributed by atoms with E-state index >= 15 is 0 Å². The van der Waals surface area contributed by atoms with Gasteiger partial charge in [0.15, 0.2) is 0 Å². The Balaban J connectivity index is 1.85. The van der Waals surface area contributed by atoms with Crippen LogP contribution in [0.4, 0.5) is 0 Å². The monoisotopic (exact) mass is 660 g/mol. The van der Waals surface area contributed by atoms with Gasteiger partial charge in [-0.25, -0.2) is 0 Å². The number of Topliss-reactive ketones (excluding diaryl/α,β-unsaturated/α-hetero) is 1. The quantitative estimate of drug-likeness (QED) is 0.337. The number of furan rings is 1. The molecule has 13 atom stereocenters. The summed E-state index contributed by atoms with van der Waals surface area (Å²) >= 11 is 0. The summed E-state index contributed by atoms with van der Waals surface area (Å²) in [4.78, 5) is 67.3. The van der Waals surface area contributed by atoms with Crippen molar-refractivity contribution in [1.82, 2.24) is 0 Å². The summed E-state index contributed by atoms with van der Waals surface area (Å²) in [5.74, 6) is -6.74. The van der Waals surface area contributed by atoms with Crippen molar-refractivity contribution in [2.24, 2.45) is 45.3 Å². The lowest BCUT2D eigenvalue weighted by molar-refractivity contribution is -0.320. The number of aliphatic hydroxyl groups excluding tert-OH is 2. The van der Waals surface area contributed by atoms with Gasteiger partial charge < -0.3 is 33.6 Å². The fourth-order valence-corrected chi connectivity index (χ4v) is 10.8. The predicted molar refractivity (Wildman–Crippen MR) is 163 cm³/mol. The van der Waals surface area contributed by atoms with Gasteiger partial charge in [0.25, 0.3) is 0 Å². The number of hydrogen-bond acceptors (Lipinski definition) is 12. The van der Waals surface area contributed by atoms with Gasteiger partial charge in [0.2, 0.25) is 0 Å². The summed E-state index contributed by atoms with van der Waals surface area (Å²) < 4.78 is 29.1. The largest absolute Gasteiger partial charge is 0.472 e. The van der Waals surface area contributed by atoms with Crippen molar-refractivity contribution in [1.29, 1.82) is 0 Å². The Bertz CT molecular complexity index is 1440. The summed E-state index contributed by atoms with van der Waals surface area (Å²) in [6, 6.07) is 1.75. The number of methoxy groups -OCH3 is 1. The standard InChI is InChI=1S/C35H48O12/c1-16(2)30(41)47-29-26(46-18(4)37)28-34(7)22(33(6,31(42)43-9)24(40)14-25(34)45-17(3)36)13-23(39)35(28,8)27-21(38)12-20(32(27,29)5)19-10-11-44-15-19/h10-11,15-16,20,22-29,39-40H,12-14H2,1-9H3/t20-,22-,23+,24+,25-,26+,27-,28?,29-,32-,33-,34+,35-/m0/s1. The average molecular weight is 661 g/mol. The average Bonchev–Trinajstić information content (AvgIpc) is 3.60. The third-order valence-electron chi connectivity index (χ3n) is 12.7. The molecule has 4 saturated carbocycles. The van der Waals surface area contributed by atoms with Gasteiger partial charge in [0.05, 0.1) is 43.2 Å². The topological polar surface area (TPSA) is 176 Å². The second-order valence-corrected chi connectivity index (χ2v) is 15.3. The number of hydrogen-bond donors (Lipinski definition) is 2. The zero-order valence-corrected chi connectivity index (χ0v) is 28.6. The first-order chi connectivity index (χ1) is 21.8. The Morgan fingerprint density at radius 1 is 0.915 bits per heavy atom. The highest BCUT2D eigenvalue weighted by atomic mass is 16.6. The van der Waals surface area contributed by atoms with Crippen LogP contribution in [0.15, 0.2) is 23.0 Å². The first-order valence-corrected chi connectivity index (χ1v) is 16.4. The van der Waals surface area contributed by atoms with Crippen LogP contribution in [0.3, 0.4) is 0 Å². The summed E-state index contributed by atoms with van der Waals surface area (Å²) in [7, 11) is 1.21. The van der Waals surface area contributed by atoms with E-state index < -0.39 is 106 Å². The van der Waals surface area contributed by atoms with E-state index in [9.17, 15) is 34.2 Å². The minimum Gasteiger partial charge on any atom is -0.472 e. The molecule has 2 N–H and O–H groups in total. The maximum absolute atomic E-state index is 14.5. The van der Waals surface area contributed by atoms with Gasteiger partial charge in [-0.05, 0) is 30.9 Å². The number of ketones is 1. The van der Waals surface area contributed by atoms with Crippen LogP contribution in [-0.2, 0) is 42.9 Å². The van der Waals surface area contributed by atoms with Gasteiger partial charge in [-0.15, -0.1) is 0 Å². The molecule has 4 aliphatic carbocycles. The Kier molecular flexibility index (Phi) is 8.74. The van der Waals surface area contributed by atoms with Crippen LogP contribution >= 0.6 is 0 Å². The molecule has 1 aromatic heterocycles. The van der Waals surface area contributed by atoms with Crippen molar-refractivity contribution in [3.63, 3.8) is 0 Å². The number of ether oxygens (including phenoxy) is 4. The number of fused-ring (bicyclic) bond motifs is 5. The van der Waals surface area contributed by atoms with Crippen molar-refractivity contribution in [2.75, 3.05) is 7.11 Å². The Morgan fingerprint density at radius 3 is 2.09 bits per heavy atom. The third kappa shape index (κ3) is 4.79. The van der Waals surface area contributed by atoms with Gasteiger partial charge in [-0.2, -0.15) is 0 Å². The van der Waals surface area contributed by atoms with Crippen molar-refractivity contribution >= 4 is 29.7 Å². The molecule has 0 aliphatic heterocycles. The van der Waals surface area contributed by atoms with E-state index in [-0.39, 0.29) is 25.0 Å². The maximum atomic E-state index is 14.5. The molecule has 260 valence electrons. The number of rotatable bonds is 6. The van der Waals surface area contributed by atoms with E-state index in [0.29, 0.717) is 5.56 Å². The maximum Gasteiger partial charge on any atom is 0.314 e. The molecular weight excluding hydrogens is 612 g/mol. The Labute approximate surface area is 274 Å². The molecule has 0 spiro atoms. The highest BCUT2D eigenvalue weighted by molar-refractivity contribution is 5.88. The molecule has 1 unspecified atom stereocenters. The van der Waals surface area contributed by atoms with Gasteiger partial charge in [0, 0.05) is 60.7 Å². The molecular formula is C35H48O12. The highest BCUT2D eigenvalue weighted by Crippen LogP contribution is 2.75. The first-order valence-electron chi connectivity index (χ1n) is 16.4. The molecule has 0 saturated heterocycles. The number of carbonyl (C=O) groups excluding carboxylic acids is 5. The van der Waals surface area contributed by atoms with Crippen LogP contribution in [0.2, 0.25) is 0 Å². The second-order valence-electron chi connectivity index (χ2n) is 15.3. The lowest BCUT2D eigenvalue weighted by Crippen LogP contribution is -2.78. The molecule has 0 bridgehead atoms. The number of aliphatic hydroxyl groups is 2. The molecule has 12 nitrogen and oxygen atoms in total. The van der Waals surface area contributed by atoms with E-state index in [1.165, 1.54) is 33.5 Å². The van der Waals surface area contributed by atoms with E-state index in [4.69, 9.17) is 23.4 Å². The van der Waals surface area contributed by atoms with Crippen LogP contribution in [0.25, 0.3) is 0 Å². The predicted octanol–water partition coefficient (Wildman–Crippen LogP) is 3.36. The number of carbonyl (C=O) groups is 5. The van der Waals surface area contributed by atoms with Gasteiger partial charge in [-0.3, -0.25) is 24.0 Å². The minimum absolute atomic E-state index is 0.0460. The van der Waals surface area contributed by atoms with Gasteiger partial charge in [-0.1, -0.05) is 34.6 Å². The fraction of sp³-hybridized carbons (Fsp3) is 0.743. The molecule has 4 fully saturated rings. The number of esters is 4. The van der Waals surface area contributed by atoms with Crippen molar-refractivity contribution in [3.05, 3.63) is 24.2 Å². The lowest BCUT2D eigenvalue weighted by Gasteiger charge is -2.71. The summed E-state index contributed by atoms with van der Waals surface area (Å²) in [6.07, 6.45) is -3.26. The molecule has 47 heavy (non-hydrogen) atoms. The minimum atomic E-state index is -1.59. The van der Waals surface area contributed by atoms with E-state index in [1.807, 2.05) is 6.92 Å². The summed E-state index contributed by atoms with van der Waals surface area (Å²) in [5, 5.41) is 23.9. The molecule has 5 rings (SSSR count). The van der Waals surface area contributed by atoms with Crippen molar-refractivity contribution < 1.29 is 57.6 Å². The zero-order valence-electron chi connectivity index (χ0n) is 28.6. The smallest absolute Gasteiger partial charge is 0.314 e. The van der Waals surface area contributed by atoms with Crippen LogP contribution in [0.5, 0.6) is 0 Å². The van der Waals surface area contributed by atoms with Gasteiger partial charge >= 0.3 is 23.9 Å². The van der Waals surface area contributed by atoms with Crippen LogP contribution in [-0.4, -0.2) is 77.5 Å². The van der Waals surface area contributed by atoms with E-state index in [1.54, 1.807) is 40.7 Å². The fourth-order valence-electron chi connectivity index (χ4n) is 10.8. The SMILES string of the molecule is COC(=O)[C@]1(C)[C@H](O)C[C@H](OC(C)=O)[C@]2(C)C3[C@@H](OC(C)=O)[C@H](OC(=O)C(C)C)[C@]4(C)[C@H](C(=O)C[C@H]4c4ccoc4)[C@]3(C)[C@H](O)C[C@@H]12. The molecule has 1 aromatic rings. The first kappa shape index (κ1) is 35.1. The zero-order chi connectivity index (χ0) is 35.0. The molecule has 4 aliphatic rings. The third-order valence-corrected chi connectivity index (χ3v) is 12.7. The molecule has 1 heterocycles. The Hall–Kier alpha value is -3.25. The van der Waals surface area contributed by atoms with Crippen LogP contribution in [0.1, 0.15) is 86.1 Å². The van der Waals surface area contributed by atoms with Crippen molar-refractivity contribution in [2.45, 2.75) is 111 Å². The highest BCUT2D eigenvalue weighted by Gasteiger charge is 2.81. The molecule has 0 radical (unpaired) electrons. The molecule has 0 amide bonds. The lowest BCUT2D eigenvalue weighted by atomic mass is 9.34. The van der Waals surface area contributed by atoms with Crippen LogP contribution < -0.4 is 0 Å². The molecule has 0 aromatic carbocycles.